The van der Waals surface area contributed by atoms with Gasteiger partial charge < -0.3 is 5.32 Å². The monoisotopic (exact) mass is 261 g/mol. The van der Waals surface area contributed by atoms with Crippen LogP contribution in [0.5, 0.6) is 0 Å². The highest BCUT2D eigenvalue weighted by Gasteiger charge is 2.08. The summed E-state index contributed by atoms with van der Waals surface area (Å²) in [6, 6.07) is 18.3. The van der Waals surface area contributed by atoms with Crippen molar-refractivity contribution in [3.8, 4) is 12.3 Å². The van der Waals surface area contributed by atoms with Gasteiger partial charge in [0, 0.05) is 6.54 Å². The van der Waals surface area contributed by atoms with Gasteiger partial charge in [-0.2, -0.15) is 0 Å². The molecule has 3 heteroatoms. The van der Waals surface area contributed by atoms with Crippen molar-refractivity contribution in [2.45, 2.75) is 13.1 Å². The fourth-order valence-corrected chi connectivity index (χ4v) is 2.24. The largest absolute Gasteiger partial charge is 0.352 e. The van der Waals surface area contributed by atoms with Gasteiger partial charge >= 0.3 is 0 Å². The predicted molar refractivity (Wildman–Crippen MR) is 82.3 cm³/mol. The van der Waals surface area contributed by atoms with Crippen LogP contribution >= 0.6 is 0 Å². The third-order valence-electron chi connectivity index (χ3n) is 3.20. The number of rotatable bonds is 4. The Morgan fingerprint density at radius 3 is 2.60 bits per heavy atom. The molecule has 0 saturated heterocycles. The van der Waals surface area contributed by atoms with Crippen molar-refractivity contribution in [2.24, 2.45) is 0 Å². The summed E-state index contributed by atoms with van der Waals surface area (Å²) < 4.78 is 2.03. The summed E-state index contributed by atoms with van der Waals surface area (Å²) in [7, 11) is 0. The maximum atomic E-state index is 5.46. The van der Waals surface area contributed by atoms with Crippen molar-refractivity contribution in [1.82, 2.24) is 9.55 Å². The molecule has 0 bridgehead atoms. The summed E-state index contributed by atoms with van der Waals surface area (Å²) in [6.07, 6.45) is 5.46. The van der Waals surface area contributed by atoms with Crippen molar-refractivity contribution in [1.29, 1.82) is 0 Å². The van der Waals surface area contributed by atoms with Crippen LogP contribution in [0.4, 0.5) is 5.95 Å². The molecule has 0 atom stereocenters. The van der Waals surface area contributed by atoms with Gasteiger partial charge in [-0.1, -0.05) is 48.4 Å². The number of hydrogen-bond acceptors (Lipinski definition) is 2. The molecule has 0 fully saturated rings. The molecule has 1 heterocycles. The molecule has 3 aromatic rings. The van der Waals surface area contributed by atoms with Crippen molar-refractivity contribution >= 4 is 17.0 Å². The van der Waals surface area contributed by atoms with Gasteiger partial charge in [-0.3, -0.25) is 4.57 Å². The zero-order valence-electron chi connectivity index (χ0n) is 11.1. The molecule has 1 aromatic heterocycles. The van der Waals surface area contributed by atoms with E-state index in [1.54, 1.807) is 0 Å². The number of nitrogens with one attached hydrogen (secondary N) is 1. The van der Waals surface area contributed by atoms with E-state index in [2.05, 4.69) is 28.4 Å². The number of imidazole rings is 1. The molecule has 0 spiro atoms. The SMILES string of the molecule is C#CCn1c(NCc2ccccc2)nc2ccccc21. The fourth-order valence-electron chi connectivity index (χ4n) is 2.24. The van der Waals surface area contributed by atoms with Crippen molar-refractivity contribution < 1.29 is 0 Å². The zero-order chi connectivity index (χ0) is 13.8. The first kappa shape index (κ1) is 12.3. The smallest absolute Gasteiger partial charge is 0.205 e. The van der Waals surface area contributed by atoms with Crippen LogP contribution in [0.2, 0.25) is 0 Å². The lowest BCUT2D eigenvalue weighted by molar-refractivity contribution is 0.864. The highest BCUT2D eigenvalue weighted by molar-refractivity contribution is 5.78. The molecule has 98 valence electrons. The van der Waals surface area contributed by atoms with Crippen LogP contribution in [0.15, 0.2) is 54.6 Å². The molecule has 0 radical (unpaired) electrons. The predicted octanol–water partition coefficient (Wildman–Crippen LogP) is 3.28. The summed E-state index contributed by atoms with van der Waals surface area (Å²) in [5.41, 5.74) is 3.23. The molecule has 3 nitrogen and oxygen atoms in total. The number of benzene rings is 2. The molecule has 0 aliphatic carbocycles. The van der Waals surface area contributed by atoms with Crippen LogP contribution in [-0.2, 0) is 13.1 Å². The van der Waals surface area contributed by atoms with Crippen LogP contribution in [0.3, 0.4) is 0 Å². The van der Waals surface area contributed by atoms with E-state index >= 15 is 0 Å². The van der Waals surface area contributed by atoms with Gasteiger partial charge in [-0.25, -0.2) is 4.98 Å². The molecular weight excluding hydrogens is 246 g/mol. The van der Waals surface area contributed by atoms with Crippen molar-refractivity contribution in [3.05, 3.63) is 60.2 Å². The summed E-state index contributed by atoms with van der Waals surface area (Å²) in [6.45, 7) is 1.24. The first-order chi connectivity index (χ1) is 9.88. The summed E-state index contributed by atoms with van der Waals surface area (Å²) in [4.78, 5) is 4.60. The molecule has 0 aliphatic heterocycles. The van der Waals surface area contributed by atoms with Crippen LogP contribution < -0.4 is 5.32 Å². The summed E-state index contributed by atoms with van der Waals surface area (Å²) in [5.74, 6) is 3.50. The van der Waals surface area contributed by atoms with E-state index in [0.717, 1.165) is 23.5 Å². The zero-order valence-corrected chi connectivity index (χ0v) is 11.1. The number of anilines is 1. The Labute approximate surface area is 118 Å². The average molecular weight is 261 g/mol. The molecule has 20 heavy (non-hydrogen) atoms. The quantitative estimate of drug-likeness (QED) is 0.730. The Morgan fingerprint density at radius 2 is 1.80 bits per heavy atom. The number of fused-ring (bicyclic) bond motifs is 1. The summed E-state index contributed by atoms with van der Waals surface area (Å²) in [5, 5.41) is 3.36. The van der Waals surface area contributed by atoms with Gasteiger partial charge in [0.2, 0.25) is 5.95 Å². The van der Waals surface area contributed by atoms with Gasteiger partial charge in [0.25, 0.3) is 0 Å². The number of hydrogen-bond donors (Lipinski definition) is 1. The second-order valence-electron chi connectivity index (χ2n) is 4.55. The molecular formula is C17H15N3. The highest BCUT2D eigenvalue weighted by atomic mass is 15.2. The number of nitrogens with zero attached hydrogens (tertiary/aromatic N) is 2. The standard InChI is InChI=1S/C17H15N3/c1-2-12-20-16-11-7-6-10-15(16)19-17(20)18-13-14-8-4-3-5-9-14/h1,3-11H,12-13H2,(H,18,19). The Kier molecular flexibility index (Phi) is 3.38. The Bertz CT molecular complexity index is 751. The topological polar surface area (TPSA) is 29.9 Å². The molecule has 3 rings (SSSR count). The lowest BCUT2D eigenvalue weighted by Gasteiger charge is -2.08. The van der Waals surface area contributed by atoms with Gasteiger partial charge in [0.15, 0.2) is 0 Å². The molecule has 0 amide bonds. The van der Waals surface area contributed by atoms with E-state index in [1.165, 1.54) is 5.56 Å². The Morgan fingerprint density at radius 1 is 1.05 bits per heavy atom. The maximum Gasteiger partial charge on any atom is 0.205 e. The number of aromatic nitrogens is 2. The second-order valence-corrected chi connectivity index (χ2v) is 4.55. The second kappa shape index (κ2) is 5.50. The van der Waals surface area contributed by atoms with Gasteiger partial charge in [0.05, 0.1) is 17.6 Å². The fraction of sp³-hybridized carbons (Fsp3) is 0.118. The van der Waals surface area contributed by atoms with Crippen LogP contribution in [-0.4, -0.2) is 9.55 Å². The van der Waals surface area contributed by atoms with Gasteiger partial charge in [-0.05, 0) is 17.7 Å². The van der Waals surface area contributed by atoms with Gasteiger partial charge in [-0.15, -0.1) is 6.42 Å². The molecule has 1 N–H and O–H groups in total. The first-order valence-electron chi connectivity index (χ1n) is 6.55. The van der Waals surface area contributed by atoms with E-state index in [0.29, 0.717) is 6.54 Å². The molecule has 0 aliphatic rings. The van der Waals surface area contributed by atoms with Crippen molar-refractivity contribution in [2.75, 3.05) is 5.32 Å². The molecule has 2 aromatic carbocycles. The lowest BCUT2D eigenvalue weighted by atomic mass is 10.2. The van der Waals surface area contributed by atoms with Crippen LogP contribution in [0.1, 0.15) is 5.56 Å². The number of terminal acetylenes is 1. The maximum absolute atomic E-state index is 5.46. The van der Waals surface area contributed by atoms with E-state index in [9.17, 15) is 0 Å². The average Bonchev–Trinajstić information content (AvgIpc) is 2.85. The minimum atomic E-state index is 0.512. The third-order valence-corrected chi connectivity index (χ3v) is 3.20. The molecule has 0 saturated carbocycles. The van der Waals surface area contributed by atoms with Crippen LogP contribution in [0, 0.1) is 12.3 Å². The number of para-hydroxylation sites is 2. The minimum absolute atomic E-state index is 0.512. The normalized spacial score (nSPS) is 10.3. The van der Waals surface area contributed by atoms with Crippen LogP contribution in [0.25, 0.3) is 11.0 Å². The van der Waals surface area contributed by atoms with Gasteiger partial charge in [0.1, 0.15) is 0 Å². The van der Waals surface area contributed by atoms with E-state index in [1.807, 2.05) is 47.0 Å². The lowest BCUT2D eigenvalue weighted by Crippen LogP contribution is -2.07. The minimum Gasteiger partial charge on any atom is -0.352 e. The Balaban J connectivity index is 1.91. The van der Waals surface area contributed by atoms with E-state index in [4.69, 9.17) is 6.42 Å². The van der Waals surface area contributed by atoms with Crippen molar-refractivity contribution in [3.63, 3.8) is 0 Å². The Hall–Kier alpha value is -2.73. The summed E-state index contributed by atoms with van der Waals surface area (Å²) >= 11 is 0. The highest BCUT2D eigenvalue weighted by Crippen LogP contribution is 2.19. The van der Waals surface area contributed by atoms with E-state index in [-0.39, 0.29) is 0 Å². The third kappa shape index (κ3) is 2.36. The van der Waals surface area contributed by atoms with E-state index < -0.39 is 0 Å². The first-order valence-corrected chi connectivity index (χ1v) is 6.55. The molecule has 0 unspecified atom stereocenters.